The maximum Gasteiger partial charge on any atom is 0.350 e. The molecule has 1 saturated heterocycles. The first kappa shape index (κ1) is 15.7. The SMILES string of the molecule is CC(C)CN1CCCC1C(=O)ON1C(=O)c2ccccc2C1=O. The van der Waals surface area contributed by atoms with Crippen LogP contribution in [0.1, 0.15) is 47.4 Å². The molecule has 2 amide bonds. The second-order valence-corrected chi connectivity index (χ2v) is 6.41. The molecule has 6 nitrogen and oxygen atoms in total. The molecule has 0 spiro atoms. The summed E-state index contributed by atoms with van der Waals surface area (Å²) in [5, 5.41) is 0.596. The average Bonchev–Trinajstić information content (AvgIpc) is 3.06. The Morgan fingerprint density at radius 2 is 1.83 bits per heavy atom. The molecule has 0 radical (unpaired) electrons. The van der Waals surface area contributed by atoms with E-state index in [9.17, 15) is 14.4 Å². The number of hydroxylamine groups is 2. The van der Waals surface area contributed by atoms with Gasteiger partial charge in [-0.25, -0.2) is 4.79 Å². The van der Waals surface area contributed by atoms with Crippen LogP contribution in [0.25, 0.3) is 0 Å². The predicted molar refractivity (Wildman–Crippen MR) is 82.5 cm³/mol. The zero-order valence-corrected chi connectivity index (χ0v) is 13.3. The fourth-order valence-electron chi connectivity index (χ4n) is 3.18. The summed E-state index contributed by atoms with van der Waals surface area (Å²) < 4.78 is 0. The third kappa shape index (κ3) is 2.86. The molecule has 0 aromatic heterocycles. The summed E-state index contributed by atoms with van der Waals surface area (Å²) in [5.74, 6) is -1.25. The monoisotopic (exact) mass is 316 g/mol. The summed E-state index contributed by atoms with van der Waals surface area (Å²) in [7, 11) is 0. The Morgan fingerprint density at radius 1 is 1.22 bits per heavy atom. The molecule has 0 aliphatic carbocycles. The van der Waals surface area contributed by atoms with Crippen LogP contribution in [0.4, 0.5) is 0 Å². The third-order valence-corrected chi connectivity index (χ3v) is 4.17. The number of likely N-dealkylation sites (tertiary alicyclic amines) is 1. The number of nitrogens with zero attached hydrogens (tertiary/aromatic N) is 2. The van der Waals surface area contributed by atoms with Crippen molar-refractivity contribution in [2.75, 3.05) is 13.1 Å². The van der Waals surface area contributed by atoms with Gasteiger partial charge >= 0.3 is 5.97 Å². The van der Waals surface area contributed by atoms with Crippen LogP contribution in [0.2, 0.25) is 0 Å². The lowest BCUT2D eigenvalue weighted by Crippen LogP contribution is -2.43. The van der Waals surface area contributed by atoms with E-state index in [0.717, 1.165) is 19.5 Å². The average molecular weight is 316 g/mol. The number of fused-ring (bicyclic) bond motifs is 1. The summed E-state index contributed by atoms with van der Waals surface area (Å²) in [5.41, 5.74) is 0.548. The summed E-state index contributed by atoms with van der Waals surface area (Å²) in [6, 6.07) is 6.09. The van der Waals surface area contributed by atoms with Gasteiger partial charge in [-0.05, 0) is 37.4 Å². The zero-order chi connectivity index (χ0) is 16.6. The van der Waals surface area contributed by atoms with Gasteiger partial charge < -0.3 is 4.84 Å². The fourth-order valence-corrected chi connectivity index (χ4v) is 3.18. The molecule has 2 heterocycles. The lowest BCUT2D eigenvalue weighted by molar-refractivity contribution is -0.174. The maximum absolute atomic E-state index is 12.4. The Morgan fingerprint density at radius 3 is 2.39 bits per heavy atom. The van der Waals surface area contributed by atoms with Crippen molar-refractivity contribution in [1.82, 2.24) is 9.96 Å². The normalized spacial score (nSPS) is 21.2. The van der Waals surface area contributed by atoms with E-state index in [1.54, 1.807) is 24.3 Å². The molecule has 1 fully saturated rings. The van der Waals surface area contributed by atoms with E-state index in [0.29, 0.717) is 17.4 Å². The highest BCUT2D eigenvalue weighted by Crippen LogP contribution is 2.25. The zero-order valence-electron chi connectivity index (χ0n) is 13.3. The molecule has 1 aromatic rings. The number of imide groups is 1. The highest BCUT2D eigenvalue weighted by Gasteiger charge is 2.41. The third-order valence-electron chi connectivity index (χ3n) is 4.17. The van der Waals surface area contributed by atoms with Gasteiger partial charge in [0.05, 0.1) is 11.1 Å². The summed E-state index contributed by atoms with van der Waals surface area (Å²) in [6.07, 6.45) is 1.60. The van der Waals surface area contributed by atoms with Gasteiger partial charge in [-0.15, -0.1) is 0 Å². The van der Waals surface area contributed by atoms with E-state index in [-0.39, 0.29) is 17.2 Å². The molecule has 2 aliphatic heterocycles. The van der Waals surface area contributed by atoms with Crippen LogP contribution in [0.3, 0.4) is 0 Å². The summed E-state index contributed by atoms with van der Waals surface area (Å²) in [6.45, 7) is 5.80. The molecule has 1 atom stereocenters. The largest absolute Gasteiger partial charge is 0.350 e. The van der Waals surface area contributed by atoms with Crippen LogP contribution < -0.4 is 0 Å². The predicted octanol–water partition coefficient (Wildman–Crippen LogP) is 1.86. The van der Waals surface area contributed by atoms with Crippen LogP contribution in [-0.4, -0.2) is 46.9 Å². The molecule has 0 bridgehead atoms. The van der Waals surface area contributed by atoms with Crippen molar-refractivity contribution in [3.63, 3.8) is 0 Å². The van der Waals surface area contributed by atoms with E-state index in [4.69, 9.17) is 4.84 Å². The van der Waals surface area contributed by atoms with E-state index in [1.807, 2.05) is 0 Å². The van der Waals surface area contributed by atoms with Crippen molar-refractivity contribution < 1.29 is 19.2 Å². The van der Waals surface area contributed by atoms with Gasteiger partial charge in [0.25, 0.3) is 11.8 Å². The lowest BCUT2D eigenvalue weighted by Gasteiger charge is -2.25. The van der Waals surface area contributed by atoms with E-state index < -0.39 is 17.8 Å². The van der Waals surface area contributed by atoms with Crippen LogP contribution in [0.5, 0.6) is 0 Å². The van der Waals surface area contributed by atoms with Crippen molar-refractivity contribution in [2.24, 2.45) is 5.92 Å². The quantitative estimate of drug-likeness (QED) is 0.793. The topological polar surface area (TPSA) is 66.9 Å². The van der Waals surface area contributed by atoms with E-state index in [2.05, 4.69) is 18.7 Å². The van der Waals surface area contributed by atoms with E-state index in [1.165, 1.54) is 0 Å². The first-order valence-electron chi connectivity index (χ1n) is 7.92. The first-order valence-corrected chi connectivity index (χ1v) is 7.92. The number of amides is 2. The molecule has 1 unspecified atom stereocenters. The molecular formula is C17H20N2O4. The van der Waals surface area contributed by atoms with Crippen LogP contribution in [-0.2, 0) is 9.63 Å². The van der Waals surface area contributed by atoms with Gasteiger partial charge in [0.1, 0.15) is 6.04 Å². The van der Waals surface area contributed by atoms with Gasteiger partial charge in [-0.2, -0.15) is 0 Å². The number of carbonyl (C=O) groups excluding carboxylic acids is 3. The summed E-state index contributed by atoms with van der Waals surface area (Å²) >= 11 is 0. The second kappa shape index (κ2) is 6.12. The standard InChI is InChI=1S/C17H20N2O4/c1-11(2)10-18-9-5-8-14(18)17(22)23-19-15(20)12-6-3-4-7-13(12)16(19)21/h3-4,6-7,11,14H,5,8-10H2,1-2H3. The van der Waals surface area contributed by atoms with Crippen molar-refractivity contribution in [1.29, 1.82) is 0 Å². The Labute approximate surface area is 135 Å². The first-order chi connectivity index (χ1) is 11.0. The molecule has 2 aliphatic rings. The molecule has 0 saturated carbocycles. The molecule has 3 rings (SSSR count). The maximum atomic E-state index is 12.4. The van der Waals surface area contributed by atoms with Crippen LogP contribution in [0, 0.1) is 5.92 Å². The van der Waals surface area contributed by atoms with Crippen LogP contribution >= 0.6 is 0 Å². The fraction of sp³-hybridized carbons (Fsp3) is 0.471. The number of carbonyl (C=O) groups is 3. The molecule has 6 heteroatoms. The van der Waals surface area contributed by atoms with Crippen LogP contribution in [0.15, 0.2) is 24.3 Å². The number of hydrogen-bond donors (Lipinski definition) is 0. The summed E-state index contributed by atoms with van der Waals surface area (Å²) in [4.78, 5) is 44.1. The van der Waals surface area contributed by atoms with E-state index >= 15 is 0 Å². The molecule has 23 heavy (non-hydrogen) atoms. The molecule has 1 aromatic carbocycles. The van der Waals surface area contributed by atoms with Gasteiger partial charge in [0.15, 0.2) is 0 Å². The Hall–Kier alpha value is -2.21. The van der Waals surface area contributed by atoms with Crippen molar-refractivity contribution >= 4 is 17.8 Å². The number of rotatable bonds is 4. The number of hydrogen-bond acceptors (Lipinski definition) is 5. The molecule has 0 N–H and O–H groups in total. The van der Waals surface area contributed by atoms with Gasteiger partial charge in [0.2, 0.25) is 0 Å². The van der Waals surface area contributed by atoms with Crippen molar-refractivity contribution in [2.45, 2.75) is 32.7 Å². The van der Waals surface area contributed by atoms with Crippen molar-refractivity contribution in [3.8, 4) is 0 Å². The number of benzene rings is 1. The Kier molecular flexibility index (Phi) is 4.17. The van der Waals surface area contributed by atoms with Gasteiger partial charge in [-0.3, -0.25) is 14.5 Å². The second-order valence-electron chi connectivity index (χ2n) is 6.41. The van der Waals surface area contributed by atoms with Gasteiger partial charge in [-0.1, -0.05) is 31.0 Å². The highest BCUT2D eigenvalue weighted by molar-refractivity contribution is 6.20. The minimum absolute atomic E-state index is 0.274. The smallest absolute Gasteiger partial charge is 0.328 e. The Balaban J connectivity index is 1.72. The minimum atomic E-state index is -0.577. The highest BCUT2D eigenvalue weighted by atomic mass is 16.7. The van der Waals surface area contributed by atoms with Crippen molar-refractivity contribution in [3.05, 3.63) is 35.4 Å². The minimum Gasteiger partial charge on any atom is -0.328 e. The Bertz CT molecular complexity index is 621. The molecule has 122 valence electrons. The molecular weight excluding hydrogens is 296 g/mol. The lowest BCUT2D eigenvalue weighted by atomic mass is 10.1. The van der Waals surface area contributed by atoms with Gasteiger partial charge in [0, 0.05) is 6.54 Å².